The van der Waals surface area contributed by atoms with Crippen LogP contribution in [0.5, 0.6) is 0 Å². The fourth-order valence-corrected chi connectivity index (χ4v) is 8.81. The number of hydrogen-bond donors (Lipinski definition) is 3. The molecular weight excluding hydrogens is 791 g/mol. The molecule has 0 radical (unpaired) electrons. The first kappa shape index (κ1) is 62.3. The van der Waals surface area contributed by atoms with Gasteiger partial charge in [0.05, 0.1) is 25.4 Å². The summed E-state index contributed by atoms with van der Waals surface area (Å²) in [6, 6.07) is -0.568. The summed E-state index contributed by atoms with van der Waals surface area (Å²) in [6.07, 6.45) is 64.5. The van der Waals surface area contributed by atoms with Gasteiger partial charge in [0.1, 0.15) is 0 Å². The van der Waals surface area contributed by atoms with Crippen molar-refractivity contribution in [2.24, 2.45) is 0 Å². The third kappa shape index (κ3) is 49.8. The summed E-state index contributed by atoms with van der Waals surface area (Å²) < 4.78 is 5.44. The molecule has 0 aliphatic heterocycles. The molecule has 6 nitrogen and oxygen atoms in total. The minimum atomic E-state index is -0.687. The third-order valence-electron chi connectivity index (χ3n) is 13.2. The molecular formula is C58H111NO5. The van der Waals surface area contributed by atoms with Gasteiger partial charge in [-0.15, -0.1) is 0 Å². The van der Waals surface area contributed by atoms with Gasteiger partial charge in [0.2, 0.25) is 5.91 Å². The van der Waals surface area contributed by atoms with Crippen LogP contribution in [0.4, 0.5) is 0 Å². The van der Waals surface area contributed by atoms with Crippen molar-refractivity contribution in [2.75, 3.05) is 13.2 Å². The Morgan fingerprint density at radius 2 is 0.734 bits per heavy atom. The van der Waals surface area contributed by atoms with Crippen molar-refractivity contribution in [3.05, 3.63) is 24.3 Å². The lowest BCUT2D eigenvalue weighted by Crippen LogP contribution is -2.45. The van der Waals surface area contributed by atoms with E-state index < -0.39 is 12.1 Å². The first-order chi connectivity index (χ1) is 31.5. The van der Waals surface area contributed by atoms with Crippen LogP contribution < -0.4 is 5.32 Å². The summed E-state index contributed by atoms with van der Waals surface area (Å²) >= 11 is 0. The second-order valence-electron chi connectivity index (χ2n) is 19.6. The van der Waals surface area contributed by atoms with Gasteiger partial charge in [0, 0.05) is 12.8 Å². The Labute approximate surface area is 399 Å². The molecule has 2 atom stereocenters. The molecule has 0 heterocycles. The van der Waals surface area contributed by atoms with Crippen LogP contribution in [0.2, 0.25) is 0 Å². The van der Waals surface area contributed by atoms with E-state index in [4.69, 9.17) is 4.74 Å². The average Bonchev–Trinajstić information content (AvgIpc) is 3.29. The average molecular weight is 903 g/mol. The molecule has 0 bridgehead atoms. The number of esters is 1. The molecule has 3 N–H and O–H groups in total. The van der Waals surface area contributed by atoms with Gasteiger partial charge >= 0.3 is 5.97 Å². The van der Waals surface area contributed by atoms with Crippen LogP contribution in [0.3, 0.4) is 0 Å². The van der Waals surface area contributed by atoms with Gasteiger partial charge in [0.15, 0.2) is 0 Å². The maximum atomic E-state index is 12.5. The Bertz CT molecular complexity index is 997. The summed E-state index contributed by atoms with van der Waals surface area (Å²) in [6.45, 7) is 4.87. The van der Waals surface area contributed by atoms with Gasteiger partial charge in [-0.1, -0.05) is 244 Å². The maximum absolute atomic E-state index is 12.5. The number of amides is 1. The predicted octanol–water partition coefficient (Wildman–Crippen LogP) is 17.5. The molecule has 378 valence electrons. The molecule has 0 saturated heterocycles. The zero-order valence-corrected chi connectivity index (χ0v) is 43.0. The minimum absolute atomic E-state index is 0.0435. The van der Waals surface area contributed by atoms with Crippen molar-refractivity contribution in [2.45, 2.75) is 321 Å². The first-order valence-corrected chi connectivity index (χ1v) is 28.6. The van der Waals surface area contributed by atoms with E-state index in [9.17, 15) is 19.8 Å². The Morgan fingerprint density at radius 1 is 0.422 bits per heavy atom. The van der Waals surface area contributed by atoms with Crippen molar-refractivity contribution in [1.29, 1.82) is 0 Å². The largest absolute Gasteiger partial charge is 0.466 e. The highest BCUT2D eigenvalue weighted by molar-refractivity contribution is 5.76. The second kappa shape index (κ2) is 54.0. The topological polar surface area (TPSA) is 95.9 Å². The van der Waals surface area contributed by atoms with Crippen molar-refractivity contribution in [3.8, 4) is 0 Å². The first-order valence-electron chi connectivity index (χ1n) is 28.6. The normalized spacial score (nSPS) is 12.8. The minimum Gasteiger partial charge on any atom is -0.466 e. The Morgan fingerprint density at radius 3 is 1.11 bits per heavy atom. The van der Waals surface area contributed by atoms with E-state index in [0.29, 0.717) is 25.9 Å². The SMILES string of the molecule is CCCCCCCC/C=C\CCCCCCCC(=O)OCCCC/C=C\CCCCCCC(=O)NC(CO)C(O)CCCCCCCCCCCCCCCCCCCCCCCC. The van der Waals surface area contributed by atoms with Gasteiger partial charge in [-0.2, -0.15) is 0 Å². The number of nitrogens with one attached hydrogen (secondary N) is 1. The molecule has 0 aromatic carbocycles. The predicted molar refractivity (Wildman–Crippen MR) is 278 cm³/mol. The molecule has 1 amide bonds. The van der Waals surface area contributed by atoms with E-state index in [1.807, 2.05) is 0 Å². The van der Waals surface area contributed by atoms with Crippen LogP contribution in [-0.2, 0) is 14.3 Å². The smallest absolute Gasteiger partial charge is 0.305 e. The second-order valence-corrected chi connectivity index (χ2v) is 19.6. The van der Waals surface area contributed by atoms with E-state index in [1.54, 1.807) is 0 Å². The number of hydrogen-bond acceptors (Lipinski definition) is 5. The zero-order valence-electron chi connectivity index (χ0n) is 43.0. The number of carbonyl (C=O) groups excluding carboxylic acids is 2. The molecule has 0 fully saturated rings. The van der Waals surface area contributed by atoms with E-state index in [2.05, 4.69) is 43.5 Å². The van der Waals surface area contributed by atoms with Crippen LogP contribution >= 0.6 is 0 Å². The van der Waals surface area contributed by atoms with Crippen molar-refractivity contribution in [3.63, 3.8) is 0 Å². The molecule has 0 saturated carbocycles. The molecule has 0 rings (SSSR count). The van der Waals surface area contributed by atoms with Crippen LogP contribution in [0.25, 0.3) is 0 Å². The number of unbranched alkanes of at least 4 members (excludes halogenated alkanes) is 38. The monoisotopic (exact) mass is 902 g/mol. The van der Waals surface area contributed by atoms with E-state index in [0.717, 1.165) is 77.0 Å². The quantitative estimate of drug-likeness (QED) is 0.0321. The van der Waals surface area contributed by atoms with Gasteiger partial charge in [-0.05, 0) is 77.0 Å². The van der Waals surface area contributed by atoms with Gasteiger partial charge in [0.25, 0.3) is 0 Å². The van der Waals surface area contributed by atoms with Crippen LogP contribution in [0, 0.1) is 0 Å². The number of aliphatic hydroxyl groups excluding tert-OH is 2. The van der Waals surface area contributed by atoms with Crippen molar-refractivity contribution < 1.29 is 24.5 Å². The van der Waals surface area contributed by atoms with Crippen LogP contribution in [0.1, 0.15) is 309 Å². The standard InChI is InChI=1S/C58H111NO5/c1-3-5-7-9-11-13-15-17-19-20-21-22-23-24-25-27-28-30-34-38-42-46-50-56(61)55(54-60)59-57(62)51-47-43-39-35-32-33-37-41-45-49-53-64-58(63)52-48-44-40-36-31-29-26-18-16-14-12-10-8-6-4-2/h18,26,33,37,55-56,60-61H,3-17,19-25,27-32,34-36,38-54H2,1-2H3,(H,59,62)/b26-18-,37-33-. The molecule has 0 aromatic heterocycles. The fraction of sp³-hybridized carbons (Fsp3) is 0.897. The van der Waals surface area contributed by atoms with E-state index in [-0.39, 0.29) is 18.5 Å². The highest BCUT2D eigenvalue weighted by Crippen LogP contribution is 2.17. The van der Waals surface area contributed by atoms with Gasteiger partial charge in [-0.3, -0.25) is 9.59 Å². The van der Waals surface area contributed by atoms with Crippen LogP contribution in [-0.4, -0.2) is 47.4 Å². The summed E-state index contributed by atoms with van der Waals surface area (Å²) in [7, 11) is 0. The summed E-state index contributed by atoms with van der Waals surface area (Å²) in [5, 5.41) is 23.3. The zero-order chi connectivity index (χ0) is 46.5. The Hall–Kier alpha value is -1.66. The molecule has 64 heavy (non-hydrogen) atoms. The van der Waals surface area contributed by atoms with Crippen LogP contribution in [0.15, 0.2) is 24.3 Å². The lowest BCUT2D eigenvalue weighted by atomic mass is 10.0. The van der Waals surface area contributed by atoms with E-state index in [1.165, 1.54) is 199 Å². The Balaban J connectivity index is 3.51. The highest BCUT2D eigenvalue weighted by atomic mass is 16.5. The number of rotatable bonds is 53. The Kier molecular flexibility index (Phi) is 52.6. The van der Waals surface area contributed by atoms with Crippen molar-refractivity contribution in [1.82, 2.24) is 5.32 Å². The highest BCUT2D eigenvalue weighted by Gasteiger charge is 2.20. The third-order valence-corrected chi connectivity index (χ3v) is 13.2. The number of aliphatic hydroxyl groups is 2. The maximum Gasteiger partial charge on any atom is 0.305 e. The number of allylic oxidation sites excluding steroid dienone is 4. The van der Waals surface area contributed by atoms with Gasteiger partial charge < -0.3 is 20.3 Å². The summed E-state index contributed by atoms with van der Waals surface area (Å²) in [5.41, 5.74) is 0. The van der Waals surface area contributed by atoms with Gasteiger partial charge in [-0.25, -0.2) is 0 Å². The lowest BCUT2D eigenvalue weighted by molar-refractivity contribution is -0.143. The molecule has 0 spiro atoms. The molecule has 6 heteroatoms. The number of carbonyl (C=O) groups is 2. The molecule has 0 aromatic rings. The molecule has 0 aliphatic rings. The van der Waals surface area contributed by atoms with Crippen molar-refractivity contribution >= 4 is 11.9 Å². The number of ether oxygens (including phenoxy) is 1. The van der Waals surface area contributed by atoms with E-state index >= 15 is 0 Å². The lowest BCUT2D eigenvalue weighted by Gasteiger charge is -2.22. The molecule has 0 aliphatic carbocycles. The summed E-state index contributed by atoms with van der Waals surface area (Å²) in [5.74, 6) is -0.112. The fourth-order valence-electron chi connectivity index (χ4n) is 8.81. The summed E-state index contributed by atoms with van der Waals surface area (Å²) in [4.78, 5) is 24.5. The molecule has 2 unspecified atom stereocenters.